The number of amides is 2. The Kier molecular flexibility index (Phi) is 8.11. The molecule has 6 nitrogen and oxygen atoms in total. The standard InChI is InChI=1S/C19H28ClN3O3.ClH/c1-5-9-22-16(24)13-8-7-12(10-14(13)20)23-17(25)19(21)11-15(26-6-2)18(19,3)4;/h7-8,10,15H,5-6,9,11,21H2,1-4H3,(H,22,24)(H,23,25);1H. The number of anilines is 1. The largest absolute Gasteiger partial charge is 0.378 e. The first-order valence-electron chi connectivity index (χ1n) is 8.97. The van der Waals surface area contributed by atoms with E-state index in [0.29, 0.717) is 30.8 Å². The maximum Gasteiger partial charge on any atom is 0.252 e. The van der Waals surface area contributed by atoms with E-state index in [1.165, 1.54) is 0 Å². The van der Waals surface area contributed by atoms with E-state index in [1.807, 2.05) is 27.7 Å². The van der Waals surface area contributed by atoms with Crippen molar-refractivity contribution >= 4 is 41.5 Å². The van der Waals surface area contributed by atoms with Gasteiger partial charge < -0.3 is 21.1 Å². The molecule has 1 aromatic carbocycles. The number of halogens is 2. The Morgan fingerprint density at radius 2 is 2.00 bits per heavy atom. The number of benzene rings is 1. The van der Waals surface area contributed by atoms with Crippen LogP contribution in [0.5, 0.6) is 0 Å². The van der Waals surface area contributed by atoms with Gasteiger partial charge in [-0.2, -0.15) is 0 Å². The Morgan fingerprint density at radius 3 is 2.52 bits per heavy atom. The van der Waals surface area contributed by atoms with Crippen molar-refractivity contribution in [3.05, 3.63) is 28.8 Å². The van der Waals surface area contributed by atoms with Crippen LogP contribution in [0, 0.1) is 5.41 Å². The van der Waals surface area contributed by atoms with Crippen molar-refractivity contribution in [2.24, 2.45) is 11.1 Å². The molecule has 1 aliphatic carbocycles. The molecule has 0 saturated heterocycles. The molecule has 1 saturated carbocycles. The number of carbonyl (C=O) groups excluding carboxylic acids is 2. The van der Waals surface area contributed by atoms with E-state index in [1.54, 1.807) is 18.2 Å². The summed E-state index contributed by atoms with van der Waals surface area (Å²) >= 11 is 6.21. The summed E-state index contributed by atoms with van der Waals surface area (Å²) in [4.78, 5) is 24.8. The van der Waals surface area contributed by atoms with Crippen molar-refractivity contribution in [2.45, 2.75) is 52.2 Å². The molecule has 2 unspecified atom stereocenters. The predicted molar refractivity (Wildman–Crippen MR) is 111 cm³/mol. The minimum absolute atomic E-state index is 0. The van der Waals surface area contributed by atoms with Crippen molar-refractivity contribution in [3.8, 4) is 0 Å². The van der Waals surface area contributed by atoms with Crippen molar-refractivity contribution in [1.82, 2.24) is 5.32 Å². The highest BCUT2D eigenvalue weighted by Gasteiger charge is 2.62. The predicted octanol–water partition coefficient (Wildman–Crippen LogP) is 3.37. The Labute approximate surface area is 172 Å². The van der Waals surface area contributed by atoms with Crippen LogP contribution in [0.4, 0.5) is 5.69 Å². The first-order valence-corrected chi connectivity index (χ1v) is 9.34. The Morgan fingerprint density at radius 1 is 1.33 bits per heavy atom. The van der Waals surface area contributed by atoms with Crippen LogP contribution < -0.4 is 16.4 Å². The molecule has 0 heterocycles. The highest BCUT2D eigenvalue weighted by atomic mass is 35.5. The summed E-state index contributed by atoms with van der Waals surface area (Å²) < 4.78 is 5.66. The molecule has 1 fully saturated rings. The van der Waals surface area contributed by atoms with Crippen LogP contribution >= 0.6 is 24.0 Å². The second-order valence-corrected chi connectivity index (χ2v) is 7.65. The highest BCUT2D eigenvalue weighted by molar-refractivity contribution is 6.34. The van der Waals surface area contributed by atoms with E-state index in [9.17, 15) is 9.59 Å². The first kappa shape index (κ1) is 23.7. The molecule has 0 aliphatic heterocycles. The molecule has 2 amide bonds. The van der Waals surface area contributed by atoms with Gasteiger partial charge in [0.1, 0.15) is 5.54 Å². The number of nitrogens with one attached hydrogen (secondary N) is 2. The molecule has 0 bridgehead atoms. The van der Waals surface area contributed by atoms with E-state index >= 15 is 0 Å². The molecule has 1 aliphatic rings. The minimum Gasteiger partial charge on any atom is -0.378 e. The lowest BCUT2D eigenvalue weighted by molar-refractivity contribution is -0.166. The fourth-order valence-electron chi connectivity index (χ4n) is 3.17. The zero-order valence-corrected chi connectivity index (χ0v) is 17.8. The van der Waals surface area contributed by atoms with Crippen LogP contribution in [0.2, 0.25) is 5.02 Å². The van der Waals surface area contributed by atoms with Gasteiger partial charge in [-0.15, -0.1) is 12.4 Å². The summed E-state index contributed by atoms with van der Waals surface area (Å²) in [5.41, 5.74) is 5.76. The lowest BCUT2D eigenvalue weighted by atomic mass is 9.54. The van der Waals surface area contributed by atoms with Crippen LogP contribution in [0.3, 0.4) is 0 Å². The van der Waals surface area contributed by atoms with Crippen LogP contribution in [0.25, 0.3) is 0 Å². The summed E-state index contributed by atoms with van der Waals surface area (Å²) in [5, 5.41) is 5.87. The first-order chi connectivity index (χ1) is 12.2. The van der Waals surface area contributed by atoms with Crippen LogP contribution in [0.1, 0.15) is 50.9 Å². The van der Waals surface area contributed by atoms with Gasteiger partial charge >= 0.3 is 0 Å². The van der Waals surface area contributed by atoms with Gasteiger partial charge in [-0.05, 0) is 31.5 Å². The van der Waals surface area contributed by atoms with Gasteiger partial charge in [0, 0.05) is 30.7 Å². The number of nitrogens with two attached hydrogens (primary N) is 1. The van der Waals surface area contributed by atoms with Gasteiger partial charge in [-0.1, -0.05) is 32.4 Å². The summed E-state index contributed by atoms with van der Waals surface area (Å²) in [7, 11) is 0. The number of hydrogen-bond donors (Lipinski definition) is 3. The molecular weight excluding hydrogens is 389 g/mol. The fourth-order valence-corrected chi connectivity index (χ4v) is 3.44. The minimum atomic E-state index is -1.02. The normalized spacial score (nSPS) is 23.0. The van der Waals surface area contributed by atoms with Crippen LogP contribution in [-0.2, 0) is 9.53 Å². The maximum absolute atomic E-state index is 12.7. The molecule has 8 heteroatoms. The number of hydrogen-bond acceptors (Lipinski definition) is 4. The molecule has 0 spiro atoms. The zero-order valence-electron chi connectivity index (χ0n) is 16.2. The van der Waals surface area contributed by atoms with E-state index in [2.05, 4.69) is 10.6 Å². The fraction of sp³-hybridized carbons (Fsp3) is 0.579. The summed E-state index contributed by atoms with van der Waals surface area (Å²) in [6.45, 7) is 8.94. The third kappa shape index (κ3) is 4.57. The zero-order chi connectivity index (χ0) is 19.5. The van der Waals surface area contributed by atoms with Crippen LogP contribution in [0.15, 0.2) is 18.2 Å². The van der Waals surface area contributed by atoms with Gasteiger partial charge in [0.2, 0.25) is 5.91 Å². The topological polar surface area (TPSA) is 93.5 Å². The molecule has 152 valence electrons. The van der Waals surface area contributed by atoms with Gasteiger partial charge in [-0.25, -0.2) is 0 Å². The van der Waals surface area contributed by atoms with E-state index in [4.69, 9.17) is 22.1 Å². The summed E-state index contributed by atoms with van der Waals surface area (Å²) in [6, 6.07) is 4.82. The third-order valence-corrected chi connectivity index (χ3v) is 5.55. The van der Waals surface area contributed by atoms with Crippen molar-refractivity contribution in [3.63, 3.8) is 0 Å². The molecule has 0 radical (unpaired) electrons. The van der Waals surface area contributed by atoms with E-state index < -0.39 is 11.0 Å². The second-order valence-electron chi connectivity index (χ2n) is 7.25. The number of ether oxygens (including phenoxy) is 1. The average Bonchev–Trinajstić information content (AvgIpc) is 2.59. The number of carbonyl (C=O) groups is 2. The van der Waals surface area contributed by atoms with Crippen molar-refractivity contribution in [1.29, 1.82) is 0 Å². The summed E-state index contributed by atoms with van der Waals surface area (Å²) in [5.74, 6) is -0.512. The maximum atomic E-state index is 12.7. The van der Waals surface area contributed by atoms with Gasteiger partial charge in [0.15, 0.2) is 0 Å². The molecule has 0 aromatic heterocycles. The van der Waals surface area contributed by atoms with Crippen molar-refractivity contribution < 1.29 is 14.3 Å². The lowest BCUT2D eigenvalue weighted by Crippen LogP contribution is -2.74. The monoisotopic (exact) mass is 417 g/mol. The van der Waals surface area contributed by atoms with Gasteiger partial charge in [-0.3, -0.25) is 9.59 Å². The number of rotatable bonds is 7. The Hall–Kier alpha value is -1.34. The van der Waals surface area contributed by atoms with Crippen LogP contribution in [-0.4, -0.2) is 36.6 Å². The molecule has 2 atom stereocenters. The Bertz CT molecular complexity index is 697. The van der Waals surface area contributed by atoms with Gasteiger partial charge in [0.25, 0.3) is 5.91 Å². The van der Waals surface area contributed by atoms with E-state index in [0.717, 1.165) is 6.42 Å². The summed E-state index contributed by atoms with van der Waals surface area (Å²) in [6.07, 6.45) is 1.26. The average molecular weight is 418 g/mol. The highest BCUT2D eigenvalue weighted by Crippen LogP contribution is 2.50. The Balaban J connectivity index is 0.00000364. The third-order valence-electron chi connectivity index (χ3n) is 5.24. The smallest absolute Gasteiger partial charge is 0.252 e. The molecule has 1 aromatic rings. The lowest BCUT2D eigenvalue weighted by Gasteiger charge is -2.57. The second kappa shape index (κ2) is 9.24. The van der Waals surface area contributed by atoms with Crippen molar-refractivity contribution in [2.75, 3.05) is 18.5 Å². The molecule has 27 heavy (non-hydrogen) atoms. The molecule has 4 N–H and O–H groups in total. The quantitative estimate of drug-likeness (QED) is 0.633. The molecule has 2 rings (SSSR count). The SMILES string of the molecule is CCCNC(=O)c1ccc(NC(=O)C2(N)CC(OCC)C2(C)C)cc1Cl.Cl. The van der Waals surface area contributed by atoms with E-state index in [-0.39, 0.29) is 35.3 Å². The van der Waals surface area contributed by atoms with Gasteiger partial charge in [0.05, 0.1) is 16.7 Å². The molecular formula is C19H29Cl2N3O3.